The molecule has 1 aromatic carbocycles. The number of benzene rings is 1. The van der Waals surface area contributed by atoms with Crippen molar-refractivity contribution in [2.24, 2.45) is 0 Å². The minimum atomic E-state index is -1.13. The summed E-state index contributed by atoms with van der Waals surface area (Å²) in [6, 6.07) is 1.66. The molecule has 0 aliphatic carbocycles. The van der Waals surface area contributed by atoms with Gasteiger partial charge in [0.1, 0.15) is 5.82 Å². The van der Waals surface area contributed by atoms with Crippen LogP contribution in [0.15, 0.2) is 24.8 Å². The van der Waals surface area contributed by atoms with Gasteiger partial charge in [0.05, 0.1) is 0 Å². The second-order valence-electron chi connectivity index (χ2n) is 2.31. The first-order chi connectivity index (χ1) is 5.66. The SMILES string of the molecule is C=CCc1c(F)ccc(F)c1F. The molecule has 0 nitrogen and oxygen atoms in total. The van der Waals surface area contributed by atoms with Crippen LogP contribution in [-0.2, 0) is 6.42 Å². The Morgan fingerprint density at radius 2 is 1.75 bits per heavy atom. The van der Waals surface area contributed by atoms with Crippen molar-refractivity contribution in [3.05, 3.63) is 47.8 Å². The third-order valence-electron chi connectivity index (χ3n) is 1.49. The Morgan fingerprint density at radius 3 is 2.33 bits per heavy atom. The molecule has 0 atom stereocenters. The van der Waals surface area contributed by atoms with Gasteiger partial charge in [-0.2, -0.15) is 0 Å². The van der Waals surface area contributed by atoms with Gasteiger partial charge in [-0.3, -0.25) is 0 Å². The molecular formula is C9H7F3. The lowest BCUT2D eigenvalue weighted by atomic mass is 10.1. The van der Waals surface area contributed by atoms with E-state index in [-0.39, 0.29) is 12.0 Å². The average Bonchev–Trinajstić information content (AvgIpc) is 2.06. The van der Waals surface area contributed by atoms with Crippen LogP contribution < -0.4 is 0 Å². The zero-order chi connectivity index (χ0) is 9.14. The van der Waals surface area contributed by atoms with Gasteiger partial charge in [-0.15, -0.1) is 6.58 Å². The van der Waals surface area contributed by atoms with Crippen LogP contribution in [0.4, 0.5) is 13.2 Å². The Bertz CT molecular complexity index is 305. The number of hydrogen-bond donors (Lipinski definition) is 0. The molecule has 0 aliphatic rings. The molecule has 64 valence electrons. The highest BCUT2D eigenvalue weighted by molar-refractivity contribution is 5.22. The first-order valence-electron chi connectivity index (χ1n) is 3.40. The fraction of sp³-hybridized carbons (Fsp3) is 0.111. The van der Waals surface area contributed by atoms with E-state index in [0.29, 0.717) is 0 Å². The summed E-state index contributed by atoms with van der Waals surface area (Å²) in [5.74, 6) is -2.91. The Labute approximate surface area is 68.3 Å². The van der Waals surface area contributed by atoms with Crippen LogP contribution in [0, 0.1) is 17.5 Å². The topological polar surface area (TPSA) is 0 Å². The highest BCUT2D eigenvalue weighted by atomic mass is 19.2. The summed E-state index contributed by atoms with van der Waals surface area (Å²) in [6.07, 6.45) is 1.32. The summed E-state index contributed by atoms with van der Waals surface area (Å²) in [5.41, 5.74) is -0.273. The molecule has 0 N–H and O–H groups in total. The van der Waals surface area contributed by atoms with Gasteiger partial charge < -0.3 is 0 Å². The van der Waals surface area contributed by atoms with Crippen molar-refractivity contribution < 1.29 is 13.2 Å². The fourth-order valence-corrected chi connectivity index (χ4v) is 0.901. The summed E-state index contributed by atoms with van der Waals surface area (Å²) in [6.45, 7) is 3.31. The van der Waals surface area contributed by atoms with Gasteiger partial charge in [0, 0.05) is 5.56 Å². The van der Waals surface area contributed by atoms with Gasteiger partial charge in [0.25, 0.3) is 0 Å². The van der Waals surface area contributed by atoms with Crippen molar-refractivity contribution in [1.29, 1.82) is 0 Å². The quantitative estimate of drug-likeness (QED) is 0.475. The minimum Gasteiger partial charge on any atom is -0.207 e. The number of hydrogen-bond acceptors (Lipinski definition) is 0. The van der Waals surface area contributed by atoms with E-state index in [9.17, 15) is 13.2 Å². The van der Waals surface area contributed by atoms with Gasteiger partial charge >= 0.3 is 0 Å². The van der Waals surface area contributed by atoms with E-state index >= 15 is 0 Å². The zero-order valence-corrected chi connectivity index (χ0v) is 6.28. The molecule has 0 unspecified atom stereocenters. The molecule has 0 saturated carbocycles. The molecule has 0 fully saturated rings. The van der Waals surface area contributed by atoms with Gasteiger partial charge in [0.2, 0.25) is 0 Å². The largest absolute Gasteiger partial charge is 0.207 e. The maximum absolute atomic E-state index is 12.8. The molecule has 0 aromatic heterocycles. The molecule has 1 aromatic rings. The Hall–Kier alpha value is -1.25. The Balaban J connectivity index is 3.22. The van der Waals surface area contributed by atoms with Gasteiger partial charge in [-0.25, -0.2) is 13.2 Å². The standard InChI is InChI=1S/C9H7F3/c1-2-3-6-7(10)4-5-8(11)9(6)12/h2,4-5H,1,3H2. The van der Waals surface area contributed by atoms with Crippen LogP contribution in [-0.4, -0.2) is 0 Å². The third-order valence-corrected chi connectivity index (χ3v) is 1.49. The molecule has 0 radical (unpaired) electrons. The molecule has 1 rings (SSSR count). The third kappa shape index (κ3) is 1.49. The molecule has 0 spiro atoms. The summed E-state index contributed by atoms with van der Waals surface area (Å²) >= 11 is 0. The molecule has 0 aliphatic heterocycles. The zero-order valence-electron chi connectivity index (χ0n) is 6.28. The van der Waals surface area contributed by atoms with E-state index in [1.54, 1.807) is 0 Å². The predicted molar refractivity (Wildman–Crippen MR) is 40.2 cm³/mol. The van der Waals surface area contributed by atoms with Gasteiger partial charge in [0.15, 0.2) is 11.6 Å². The van der Waals surface area contributed by atoms with Gasteiger partial charge in [-0.1, -0.05) is 6.08 Å². The maximum atomic E-state index is 12.8. The highest BCUT2D eigenvalue weighted by Crippen LogP contribution is 2.16. The van der Waals surface area contributed by atoms with Crippen LogP contribution >= 0.6 is 0 Å². The average molecular weight is 172 g/mol. The normalized spacial score (nSPS) is 9.92. The van der Waals surface area contributed by atoms with Crippen LogP contribution in [0.3, 0.4) is 0 Å². The summed E-state index contributed by atoms with van der Waals surface area (Å²) < 4.78 is 38.1. The molecular weight excluding hydrogens is 165 g/mol. The van der Waals surface area contributed by atoms with E-state index in [4.69, 9.17) is 0 Å². The van der Waals surface area contributed by atoms with E-state index in [1.807, 2.05) is 0 Å². The van der Waals surface area contributed by atoms with Crippen LogP contribution in [0.25, 0.3) is 0 Å². The van der Waals surface area contributed by atoms with E-state index < -0.39 is 17.5 Å². The number of rotatable bonds is 2. The van der Waals surface area contributed by atoms with Crippen LogP contribution in [0.5, 0.6) is 0 Å². The Morgan fingerprint density at radius 1 is 1.17 bits per heavy atom. The lowest BCUT2D eigenvalue weighted by molar-refractivity contribution is 0.483. The molecule has 3 heteroatoms. The molecule has 0 heterocycles. The second kappa shape index (κ2) is 3.43. The van der Waals surface area contributed by atoms with Crippen molar-refractivity contribution in [2.75, 3.05) is 0 Å². The van der Waals surface area contributed by atoms with E-state index in [0.717, 1.165) is 12.1 Å². The fourth-order valence-electron chi connectivity index (χ4n) is 0.901. The smallest absolute Gasteiger partial charge is 0.165 e. The minimum absolute atomic E-state index is 0.00454. The first kappa shape index (κ1) is 8.84. The van der Waals surface area contributed by atoms with Crippen molar-refractivity contribution in [3.8, 4) is 0 Å². The summed E-state index contributed by atoms with van der Waals surface area (Å²) in [7, 11) is 0. The van der Waals surface area contributed by atoms with Crippen molar-refractivity contribution in [2.45, 2.75) is 6.42 Å². The van der Waals surface area contributed by atoms with E-state index in [1.165, 1.54) is 6.08 Å². The van der Waals surface area contributed by atoms with Crippen molar-refractivity contribution >= 4 is 0 Å². The van der Waals surface area contributed by atoms with Crippen molar-refractivity contribution in [3.63, 3.8) is 0 Å². The number of allylic oxidation sites excluding steroid dienone is 1. The molecule has 0 amide bonds. The van der Waals surface area contributed by atoms with Crippen LogP contribution in [0.2, 0.25) is 0 Å². The second-order valence-corrected chi connectivity index (χ2v) is 2.31. The van der Waals surface area contributed by atoms with Crippen LogP contribution in [0.1, 0.15) is 5.56 Å². The molecule has 12 heavy (non-hydrogen) atoms. The Kier molecular flexibility index (Phi) is 2.53. The predicted octanol–water partition coefficient (Wildman–Crippen LogP) is 2.83. The molecule has 0 bridgehead atoms. The van der Waals surface area contributed by atoms with E-state index in [2.05, 4.69) is 6.58 Å². The monoisotopic (exact) mass is 172 g/mol. The number of halogens is 3. The highest BCUT2D eigenvalue weighted by Gasteiger charge is 2.11. The van der Waals surface area contributed by atoms with Crippen molar-refractivity contribution in [1.82, 2.24) is 0 Å². The maximum Gasteiger partial charge on any atom is 0.165 e. The lowest BCUT2D eigenvalue weighted by Gasteiger charge is -2.01. The summed E-state index contributed by atoms with van der Waals surface area (Å²) in [4.78, 5) is 0. The van der Waals surface area contributed by atoms with Gasteiger partial charge in [-0.05, 0) is 18.6 Å². The first-order valence-corrected chi connectivity index (χ1v) is 3.40. The lowest BCUT2D eigenvalue weighted by Crippen LogP contribution is -1.96. The molecule has 0 saturated heterocycles. The summed E-state index contributed by atoms with van der Waals surface area (Å²) in [5, 5.41) is 0.